The number of nitrogens with one attached hydrogen (secondary N) is 1. The average molecular weight is 361 g/mol. The van der Waals surface area contributed by atoms with E-state index in [1.54, 1.807) is 0 Å². The van der Waals surface area contributed by atoms with Gasteiger partial charge in [0.05, 0.1) is 13.2 Å². The molecule has 1 N–H and O–H groups in total. The van der Waals surface area contributed by atoms with Gasteiger partial charge >= 0.3 is 0 Å². The molecule has 2 saturated heterocycles. The molecule has 2 fully saturated rings. The molecule has 0 amide bonds. The van der Waals surface area contributed by atoms with Crippen molar-refractivity contribution < 1.29 is 4.74 Å². The maximum Gasteiger partial charge on any atom is 0.231 e. The Labute approximate surface area is 152 Å². The van der Waals surface area contributed by atoms with E-state index in [2.05, 4.69) is 42.2 Å². The molecule has 0 radical (unpaired) electrons. The number of rotatable bonds is 5. The maximum atomic E-state index is 5.77. The van der Waals surface area contributed by atoms with E-state index in [1.165, 1.54) is 18.6 Å². The van der Waals surface area contributed by atoms with Gasteiger partial charge < -0.3 is 15.0 Å². The Morgan fingerprint density at radius 3 is 2.48 bits per heavy atom. The number of ether oxygens (including phenoxy) is 1. The molecule has 8 heteroatoms. The third-order valence-corrected chi connectivity index (χ3v) is 4.81. The van der Waals surface area contributed by atoms with Crippen molar-refractivity contribution in [2.45, 2.75) is 0 Å². The van der Waals surface area contributed by atoms with Gasteiger partial charge in [-0.15, -0.1) is 0 Å². The standard InChI is InChI=1S/C17H21ClN6O/c18-16-19-12-20-17(22-16)21-14-1-3-15(4-2-14)24-7-5-23(6-8-24)9-13-10-25-11-13/h1-4,12-13H,5-11H2,(H,19,20,21,22). The molecule has 7 nitrogen and oxygen atoms in total. The Bertz CT molecular complexity index is 701. The summed E-state index contributed by atoms with van der Waals surface area (Å²) >= 11 is 5.77. The zero-order valence-electron chi connectivity index (χ0n) is 13.9. The Hall–Kier alpha value is -1.96. The lowest BCUT2D eigenvalue weighted by molar-refractivity contribution is -0.0468. The zero-order valence-corrected chi connectivity index (χ0v) is 14.7. The SMILES string of the molecule is Clc1ncnc(Nc2ccc(N3CCN(CC4COC4)CC3)cc2)n1. The van der Waals surface area contributed by atoms with Crippen LogP contribution in [-0.4, -0.2) is 65.8 Å². The van der Waals surface area contributed by atoms with Crippen LogP contribution in [0.4, 0.5) is 17.3 Å². The summed E-state index contributed by atoms with van der Waals surface area (Å²) < 4.78 is 5.26. The smallest absolute Gasteiger partial charge is 0.231 e. The summed E-state index contributed by atoms with van der Waals surface area (Å²) in [4.78, 5) is 16.8. The van der Waals surface area contributed by atoms with Crippen molar-refractivity contribution in [1.82, 2.24) is 19.9 Å². The molecule has 0 spiro atoms. The van der Waals surface area contributed by atoms with Crippen LogP contribution in [0.15, 0.2) is 30.6 Å². The highest BCUT2D eigenvalue weighted by molar-refractivity contribution is 6.28. The predicted octanol–water partition coefficient (Wildman–Crippen LogP) is 2.04. The Morgan fingerprint density at radius 1 is 1.08 bits per heavy atom. The Balaban J connectivity index is 1.31. The normalized spacial score (nSPS) is 18.8. The molecular formula is C17H21ClN6O. The second-order valence-corrected chi connectivity index (χ2v) is 6.78. The van der Waals surface area contributed by atoms with E-state index in [4.69, 9.17) is 16.3 Å². The highest BCUT2D eigenvalue weighted by Gasteiger charge is 2.24. The van der Waals surface area contributed by atoms with Crippen molar-refractivity contribution in [2.24, 2.45) is 5.92 Å². The van der Waals surface area contributed by atoms with Crippen molar-refractivity contribution >= 4 is 28.9 Å². The highest BCUT2D eigenvalue weighted by Crippen LogP contribution is 2.22. The van der Waals surface area contributed by atoms with Gasteiger partial charge in [0.25, 0.3) is 0 Å². The molecule has 0 unspecified atom stereocenters. The van der Waals surface area contributed by atoms with Crippen molar-refractivity contribution in [3.05, 3.63) is 35.9 Å². The van der Waals surface area contributed by atoms with Gasteiger partial charge in [-0.2, -0.15) is 4.98 Å². The fourth-order valence-electron chi connectivity index (χ4n) is 3.16. The first kappa shape index (κ1) is 16.5. The molecule has 0 aliphatic carbocycles. The largest absolute Gasteiger partial charge is 0.381 e. The molecule has 0 bridgehead atoms. The van der Waals surface area contributed by atoms with Crippen LogP contribution in [-0.2, 0) is 4.74 Å². The third kappa shape index (κ3) is 4.18. The van der Waals surface area contributed by atoms with Crippen LogP contribution in [0.2, 0.25) is 5.28 Å². The van der Waals surface area contributed by atoms with Crippen molar-refractivity contribution in [3.8, 4) is 0 Å². The minimum absolute atomic E-state index is 0.181. The summed E-state index contributed by atoms with van der Waals surface area (Å²) in [7, 11) is 0. The Kier molecular flexibility index (Phi) is 4.96. The summed E-state index contributed by atoms with van der Waals surface area (Å²) in [5, 5.41) is 3.31. The fourth-order valence-corrected chi connectivity index (χ4v) is 3.29. The second-order valence-electron chi connectivity index (χ2n) is 6.44. The monoisotopic (exact) mass is 360 g/mol. The number of anilines is 3. The third-order valence-electron chi connectivity index (χ3n) is 4.63. The number of aromatic nitrogens is 3. The van der Waals surface area contributed by atoms with Crippen LogP contribution in [0.25, 0.3) is 0 Å². The van der Waals surface area contributed by atoms with E-state index >= 15 is 0 Å². The van der Waals surface area contributed by atoms with Gasteiger partial charge in [-0.1, -0.05) is 0 Å². The fraction of sp³-hybridized carbons (Fsp3) is 0.471. The molecule has 2 aliphatic heterocycles. The molecule has 25 heavy (non-hydrogen) atoms. The zero-order chi connectivity index (χ0) is 17.1. The molecule has 2 aromatic rings. The van der Waals surface area contributed by atoms with Gasteiger partial charge in [-0.3, -0.25) is 4.90 Å². The van der Waals surface area contributed by atoms with Crippen molar-refractivity contribution in [2.75, 3.05) is 56.2 Å². The first-order valence-electron chi connectivity index (χ1n) is 8.53. The molecule has 3 heterocycles. The molecule has 132 valence electrons. The highest BCUT2D eigenvalue weighted by atomic mass is 35.5. The minimum atomic E-state index is 0.181. The number of hydrogen-bond donors (Lipinski definition) is 1. The van der Waals surface area contributed by atoms with E-state index in [0.29, 0.717) is 5.95 Å². The molecule has 0 atom stereocenters. The van der Waals surface area contributed by atoms with Gasteiger partial charge in [0, 0.05) is 50.0 Å². The summed E-state index contributed by atoms with van der Waals surface area (Å²) in [6.07, 6.45) is 1.39. The van der Waals surface area contributed by atoms with Gasteiger partial charge in [-0.05, 0) is 35.9 Å². The van der Waals surface area contributed by atoms with E-state index < -0.39 is 0 Å². The molecule has 1 aromatic carbocycles. The van der Waals surface area contributed by atoms with Crippen LogP contribution < -0.4 is 10.2 Å². The first-order chi connectivity index (χ1) is 12.3. The molecule has 1 aromatic heterocycles. The van der Waals surface area contributed by atoms with Crippen LogP contribution >= 0.6 is 11.6 Å². The van der Waals surface area contributed by atoms with Crippen LogP contribution in [0.3, 0.4) is 0 Å². The second kappa shape index (κ2) is 7.51. The van der Waals surface area contributed by atoms with E-state index in [0.717, 1.165) is 51.0 Å². The van der Waals surface area contributed by atoms with Crippen LogP contribution in [0.5, 0.6) is 0 Å². The first-order valence-corrected chi connectivity index (χ1v) is 8.91. The van der Waals surface area contributed by atoms with Gasteiger partial charge in [0.2, 0.25) is 11.2 Å². The quantitative estimate of drug-likeness (QED) is 0.875. The lowest BCUT2D eigenvalue weighted by atomic mass is 10.1. The van der Waals surface area contributed by atoms with Gasteiger partial charge in [0.15, 0.2) is 0 Å². The lowest BCUT2D eigenvalue weighted by Crippen LogP contribution is -2.50. The number of halogens is 1. The minimum Gasteiger partial charge on any atom is -0.381 e. The molecular weight excluding hydrogens is 340 g/mol. The van der Waals surface area contributed by atoms with E-state index in [9.17, 15) is 0 Å². The van der Waals surface area contributed by atoms with E-state index in [1.807, 2.05) is 12.1 Å². The number of hydrogen-bond acceptors (Lipinski definition) is 7. The van der Waals surface area contributed by atoms with Gasteiger partial charge in [-0.25, -0.2) is 9.97 Å². The number of piperazine rings is 1. The topological polar surface area (TPSA) is 66.4 Å². The predicted molar refractivity (Wildman–Crippen MR) is 97.5 cm³/mol. The Morgan fingerprint density at radius 2 is 1.84 bits per heavy atom. The van der Waals surface area contributed by atoms with Crippen molar-refractivity contribution in [3.63, 3.8) is 0 Å². The van der Waals surface area contributed by atoms with Crippen LogP contribution in [0.1, 0.15) is 0 Å². The molecule has 2 aliphatic rings. The van der Waals surface area contributed by atoms with Crippen molar-refractivity contribution in [1.29, 1.82) is 0 Å². The van der Waals surface area contributed by atoms with Crippen LogP contribution in [0, 0.1) is 5.92 Å². The number of benzene rings is 1. The van der Waals surface area contributed by atoms with E-state index in [-0.39, 0.29) is 5.28 Å². The molecule has 0 saturated carbocycles. The molecule has 4 rings (SSSR count). The lowest BCUT2D eigenvalue weighted by Gasteiger charge is -2.39. The summed E-state index contributed by atoms with van der Waals surface area (Å²) in [5.74, 6) is 1.18. The number of nitrogens with zero attached hydrogens (tertiary/aromatic N) is 5. The summed E-state index contributed by atoms with van der Waals surface area (Å²) in [6, 6.07) is 8.32. The summed E-state index contributed by atoms with van der Waals surface area (Å²) in [6.45, 7) is 7.37. The summed E-state index contributed by atoms with van der Waals surface area (Å²) in [5.41, 5.74) is 2.17. The van der Waals surface area contributed by atoms with Gasteiger partial charge in [0.1, 0.15) is 6.33 Å². The average Bonchev–Trinajstić information content (AvgIpc) is 2.60. The maximum absolute atomic E-state index is 5.77.